The fourth-order valence-corrected chi connectivity index (χ4v) is 3.86. The Morgan fingerprint density at radius 2 is 2.11 bits per heavy atom. The highest BCUT2D eigenvalue weighted by atomic mass is 19.3. The lowest BCUT2D eigenvalue weighted by atomic mass is 9.84. The third-order valence-electron chi connectivity index (χ3n) is 5.31. The first-order valence-corrected chi connectivity index (χ1v) is 9.14. The normalized spacial score (nSPS) is 21.2. The van der Waals surface area contributed by atoms with Crippen molar-refractivity contribution in [3.8, 4) is 0 Å². The molecule has 142 valence electrons. The number of nitrogens with zero attached hydrogens (tertiary/aromatic N) is 6. The van der Waals surface area contributed by atoms with E-state index >= 15 is 0 Å². The Kier molecular flexibility index (Phi) is 4.82. The van der Waals surface area contributed by atoms with Gasteiger partial charge < -0.3 is 0 Å². The minimum absolute atomic E-state index is 0.0892. The maximum Gasteiger partial charge on any atom is 0.280 e. The summed E-state index contributed by atoms with van der Waals surface area (Å²) in [5, 5.41) is 4.22. The number of hydrogen-bond acceptors (Lipinski definition) is 5. The molecule has 4 heterocycles. The van der Waals surface area contributed by atoms with Crippen LogP contribution in [0.4, 0.5) is 8.78 Å². The lowest BCUT2D eigenvalue weighted by Crippen LogP contribution is -2.38. The molecule has 8 heteroatoms. The lowest BCUT2D eigenvalue weighted by molar-refractivity contribution is 0.143. The predicted octanol–water partition coefficient (Wildman–Crippen LogP) is 3.39. The minimum Gasteiger partial charge on any atom is -0.298 e. The summed E-state index contributed by atoms with van der Waals surface area (Å²) in [5.74, 6) is 0.684. The number of rotatable bonds is 4. The van der Waals surface area contributed by atoms with E-state index in [1.165, 1.54) is 18.0 Å². The number of aryl methyl sites for hydroxylation is 1. The van der Waals surface area contributed by atoms with Crippen molar-refractivity contribution in [1.82, 2.24) is 29.5 Å². The van der Waals surface area contributed by atoms with Gasteiger partial charge >= 0.3 is 0 Å². The van der Waals surface area contributed by atoms with Crippen LogP contribution in [0.25, 0.3) is 5.78 Å². The van der Waals surface area contributed by atoms with Crippen LogP contribution in [0, 0.1) is 12.8 Å². The molecule has 1 fully saturated rings. The van der Waals surface area contributed by atoms with Crippen molar-refractivity contribution in [2.24, 2.45) is 5.92 Å². The number of halogens is 2. The number of likely N-dealkylation sites (tertiary alicyclic amines) is 1. The van der Waals surface area contributed by atoms with Gasteiger partial charge in [-0.15, -0.1) is 0 Å². The number of pyridine rings is 1. The smallest absolute Gasteiger partial charge is 0.280 e. The minimum atomic E-state index is -2.62. The van der Waals surface area contributed by atoms with Crippen molar-refractivity contribution in [3.63, 3.8) is 0 Å². The molecule has 0 saturated carbocycles. The van der Waals surface area contributed by atoms with Crippen molar-refractivity contribution >= 4 is 5.78 Å². The van der Waals surface area contributed by atoms with Crippen LogP contribution in [0.15, 0.2) is 30.7 Å². The van der Waals surface area contributed by atoms with E-state index in [0.717, 1.165) is 37.4 Å². The van der Waals surface area contributed by atoms with E-state index in [2.05, 4.69) is 37.9 Å². The molecule has 2 atom stereocenters. The molecule has 3 aromatic rings. The zero-order chi connectivity index (χ0) is 19.0. The third-order valence-corrected chi connectivity index (χ3v) is 5.31. The van der Waals surface area contributed by atoms with Gasteiger partial charge in [0.2, 0.25) is 0 Å². The van der Waals surface area contributed by atoms with Gasteiger partial charge in [-0.25, -0.2) is 18.3 Å². The van der Waals surface area contributed by atoms with E-state index in [4.69, 9.17) is 0 Å². The second-order valence-electron chi connectivity index (χ2n) is 7.29. The number of hydrogen-bond donors (Lipinski definition) is 0. The van der Waals surface area contributed by atoms with Crippen LogP contribution in [-0.4, -0.2) is 42.6 Å². The Bertz CT molecular complexity index is 941. The molecule has 6 nitrogen and oxygen atoms in total. The second-order valence-corrected chi connectivity index (χ2v) is 7.29. The van der Waals surface area contributed by atoms with Crippen molar-refractivity contribution in [3.05, 3.63) is 53.4 Å². The Balaban J connectivity index is 1.64. The molecular formula is C19H22F2N6. The van der Waals surface area contributed by atoms with Crippen molar-refractivity contribution in [2.75, 3.05) is 13.1 Å². The zero-order valence-corrected chi connectivity index (χ0v) is 15.4. The van der Waals surface area contributed by atoms with Crippen LogP contribution < -0.4 is 0 Å². The average Bonchev–Trinajstić information content (AvgIpc) is 3.11. The van der Waals surface area contributed by atoms with Gasteiger partial charge in [-0.1, -0.05) is 6.92 Å². The van der Waals surface area contributed by atoms with Crippen LogP contribution in [-0.2, 0) is 6.54 Å². The molecule has 1 aliphatic rings. The maximum atomic E-state index is 13.3. The Hall–Kier alpha value is -2.48. The molecule has 1 saturated heterocycles. The second kappa shape index (κ2) is 7.26. The molecule has 0 unspecified atom stereocenters. The number of piperidine rings is 1. The highest BCUT2D eigenvalue weighted by molar-refractivity contribution is 5.33. The van der Waals surface area contributed by atoms with Crippen molar-refractivity contribution in [1.29, 1.82) is 0 Å². The first-order chi connectivity index (χ1) is 13.0. The van der Waals surface area contributed by atoms with E-state index in [-0.39, 0.29) is 17.4 Å². The molecule has 0 radical (unpaired) electrons. The Morgan fingerprint density at radius 1 is 1.26 bits per heavy atom. The fraction of sp³-hybridized carbons (Fsp3) is 0.474. The van der Waals surface area contributed by atoms with Gasteiger partial charge in [0.25, 0.3) is 12.2 Å². The maximum absolute atomic E-state index is 13.3. The third kappa shape index (κ3) is 3.66. The molecule has 0 spiro atoms. The molecule has 0 N–H and O–H groups in total. The van der Waals surface area contributed by atoms with Crippen molar-refractivity contribution < 1.29 is 8.78 Å². The summed E-state index contributed by atoms with van der Waals surface area (Å²) in [7, 11) is 0. The summed E-state index contributed by atoms with van der Waals surface area (Å²) in [5.41, 5.74) is 2.73. The zero-order valence-electron chi connectivity index (χ0n) is 15.4. The SMILES string of the molecule is Cc1cc(CN2CC[C@@H](C)[C@H](c3cc(C(F)F)nc4ncnn34)C2)ccn1. The monoisotopic (exact) mass is 372 g/mol. The standard InChI is InChI=1S/C19H22F2N6/c1-12-4-6-26(9-14-3-5-22-13(2)7-14)10-15(12)17-8-16(18(20)21)25-19-23-11-24-27(17)19/h3,5,7-8,11-12,15,18H,4,6,9-10H2,1-2H3/t12-,15-/m1/s1. The Labute approximate surface area is 156 Å². The molecule has 0 aromatic carbocycles. The molecular weight excluding hydrogens is 350 g/mol. The summed E-state index contributed by atoms with van der Waals surface area (Å²) in [6.07, 6.45) is 1.56. The molecule has 27 heavy (non-hydrogen) atoms. The van der Waals surface area contributed by atoms with E-state index in [0.29, 0.717) is 5.92 Å². The Morgan fingerprint density at radius 3 is 2.89 bits per heavy atom. The van der Waals surface area contributed by atoms with E-state index in [9.17, 15) is 8.78 Å². The van der Waals surface area contributed by atoms with E-state index in [1.54, 1.807) is 4.52 Å². The molecule has 1 aliphatic heterocycles. The van der Waals surface area contributed by atoms with Crippen molar-refractivity contribution in [2.45, 2.75) is 39.2 Å². The number of alkyl halides is 2. The summed E-state index contributed by atoms with van der Waals surface area (Å²) < 4.78 is 28.2. The molecule has 0 aliphatic carbocycles. The van der Waals surface area contributed by atoms with E-state index in [1.807, 2.05) is 19.2 Å². The summed E-state index contributed by atoms with van der Waals surface area (Å²) >= 11 is 0. The first kappa shape index (κ1) is 17.9. The van der Waals surface area contributed by atoms with Gasteiger partial charge in [-0.3, -0.25) is 9.88 Å². The average molecular weight is 372 g/mol. The summed E-state index contributed by atoms with van der Waals surface area (Å²) in [4.78, 5) is 14.6. The quantitative estimate of drug-likeness (QED) is 0.703. The number of aromatic nitrogens is 5. The van der Waals surface area contributed by atoms with E-state index < -0.39 is 6.43 Å². The van der Waals surface area contributed by atoms with Gasteiger partial charge in [-0.2, -0.15) is 10.1 Å². The largest absolute Gasteiger partial charge is 0.298 e. The van der Waals surface area contributed by atoms with Gasteiger partial charge in [-0.05, 0) is 49.6 Å². The topological polar surface area (TPSA) is 59.2 Å². The molecule has 3 aromatic heterocycles. The van der Waals surface area contributed by atoms with Crippen LogP contribution in [0.1, 0.15) is 48.3 Å². The summed E-state index contributed by atoms with van der Waals surface area (Å²) in [6.45, 7) is 6.73. The lowest BCUT2D eigenvalue weighted by Gasteiger charge is -2.37. The van der Waals surface area contributed by atoms with Crippen LogP contribution >= 0.6 is 0 Å². The van der Waals surface area contributed by atoms with Crippen LogP contribution in [0.2, 0.25) is 0 Å². The van der Waals surface area contributed by atoms with Gasteiger partial charge in [0.05, 0.1) is 5.69 Å². The van der Waals surface area contributed by atoms with Crippen LogP contribution in [0.5, 0.6) is 0 Å². The highest BCUT2D eigenvalue weighted by Crippen LogP contribution is 2.34. The van der Waals surface area contributed by atoms with Gasteiger partial charge in [0.1, 0.15) is 12.0 Å². The summed E-state index contributed by atoms with van der Waals surface area (Å²) in [6, 6.07) is 5.61. The predicted molar refractivity (Wildman–Crippen MR) is 96.5 cm³/mol. The highest BCUT2D eigenvalue weighted by Gasteiger charge is 2.31. The molecule has 4 rings (SSSR count). The fourth-order valence-electron chi connectivity index (χ4n) is 3.86. The van der Waals surface area contributed by atoms with Gasteiger partial charge in [0, 0.05) is 30.9 Å². The van der Waals surface area contributed by atoms with Crippen LogP contribution in [0.3, 0.4) is 0 Å². The number of fused-ring (bicyclic) bond motifs is 1. The molecule has 0 bridgehead atoms. The molecule has 0 amide bonds. The van der Waals surface area contributed by atoms with Gasteiger partial charge in [0.15, 0.2) is 0 Å². The first-order valence-electron chi connectivity index (χ1n) is 9.14.